The Morgan fingerprint density at radius 2 is 0.945 bits per heavy atom. The highest BCUT2D eigenvalue weighted by atomic mass is 31.2. The maximum absolute atomic E-state index is 12.7. The molecule has 9 heteroatoms. The van der Waals surface area contributed by atoms with Crippen molar-refractivity contribution in [3.8, 4) is 0 Å². The molecule has 2 atom stereocenters. The molecule has 0 saturated heterocycles. The van der Waals surface area contributed by atoms with Crippen LogP contribution in [0.4, 0.5) is 0 Å². The number of phosphoric ester groups is 1. The van der Waals surface area contributed by atoms with Crippen LogP contribution < -0.4 is 4.89 Å². The molecule has 0 amide bonds. The summed E-state index contributed by atoms with van der Waals surface area (Å²) in [4.78, 5) is 25.1. The molecule has 8 nitrogen and oxygen atoms in total. The molecule has 0 bridgehead atoms. The number of carbonyl (C=O) groups excluding carboxylic acids is 1. The first-order valence-electron chi connectivity index (χ1n) is 23.4. The fourth-order valence-electron chi connectivity index (χ4n) is 6.66. The molecule has 0 aromatic carbocycles. The van der Waals surface area contributed by atoms with E-state index < -0.39 is 13.9 Å². The number of ether oxygens (including phenoxy) is 2. The van der Waals surface area contributed by atoms with Crippen LogP contribution in [0, 0.1) is 0 Å². The van der Waals surface area contributed by atoms with Gasteiger partial charge in [0, 0.05) is 13.0 Å². The number of carbonyl (C=O) groups is 1. The van der Waals surface area contributed by atoms with Crippen molar-refractivity contribution in [2.45, 2.75) is 225 Å². The van der Waals surface area contributed by atoms with Gasteiger partial charge in [0.1, 0.15) is 19.3 Å². The normalized spacial score (nSPS) is 13.8. The molecule has 0 aliphatic carbocycles. The van der Waals surface area contributed by atoms with E-state index in [1.54, 1.807) is 0 Å². The molecule has 0 N–H and O–H groups in total. The highest BCUT2D eigenvalue weighted by Crippen LogP contribution is 2.38. The van der Waals surface area contributed by atoms with Gasteiger partial charge < -0.3 is 27.9 Å². The lowest BCUT2D eigenvalue weighted by atomic mass is 10.0. The number of hydrogen-bond acceptors (Lipinski definition) is 7. The largest absolute Gasteiger partial charge is 0.756 e. The monoisotopic (exact) mass is 802 g/mol. The second-order valence-corrected chi connectivity index (χ2v) is 18.5. The summed E-state index contributed by atoms with van der Waals surface area (Å²) < 4.78 is 34.6. The molecule has 0 aliphatic heterocycles. The summed E-state index contributed by atoms with van der Waals surface area (Å²) in [5.41, 5.74) is 0. The summed E-state index contributed by atoms with van der Waals surface area (Å²) in [7, 11) is 1.37. The first kappa shape index (κ1) is 54.2. The Hall–Kier alpha value is -0.760. The smallest absolute Gasteiger partial charge is 0.306 e. The Balaban J connectivity index is 4.16. The minimum Gasteiger partial charge on any atom is -0.756 e. The summed E-state index contributed by atoms with van der Waals surface area (Å²) in [5.74, 6) is -0.332. The van der Waals surface area contributed by atoms with Crippen molar-refractivity contribution in [2.24, 2.45) is 0 Å². The molecular weight excluding hydrogens is 709 g/mol. The average molecular weight is 802 g/mol. The third-order valence-corrected chi connectivity index (χ3v) is 11.3. The third-order valence-electron chi connectivity index (χ3n) is 10.3. The molecule has 0 heterocycles. The quantitative estimate of drug-likeness (QED) is 0.0199. The molecule has 2 unspecified atom stereocenters. The number of hydrogen-bond donors (Lipinski definition) is 0. The van der Waals surface area contributed by atoms with Crippen LogP contribution in [0.5, 0.6) is 0 Å². The molecule has 0 radical (unpaired) electrons. The molecule has 55 heavy (non-hydrogen) atoms. The van der Waals surface area contributed by atoms with Gasteiger partial charge in [-0.2, -0.15) is 0 Å². The SMILES string of the molecule is CCCCCCCC/C=C\CCCCCCCCCCCC(=O)OC(COCCCCCCCCCCCCCCCC)COP(=O)([O-])OCC[N+](C)(C)C. The van der Waals surface area contributed by atoms with E-state index in [1.165, 1.54) is 167 Å². The van der Waals surface area contributed by atoms with Gasteiger partial charge in [-0.15, -0.1) is 0 Å². The third kappa shape index (κ3) is 44.2. The minimum absolute atomic E-state index is 0.0291. The van der Waals surface area contributed by atoms with Crippen LogP contribution in [0.25, 0.3) is 0 Å². The van der Waals surface area contributed by atoms with Crippen LogP contribution in [-0.4, -0.2) is 70.7 Å². The molecule has 0 fully saturated rings. The predicted molar refractivity (Wildman–Crippen MR) is 231 cm³/mol. The van der Waals surface area contributed by atoms with Crippen molar-refractivity contribution >= 4 is 13.8 Å². The lowest BCUT2D eigenvalue weighted by molar-refractivity contribution is -0.870. The van der Waals surface area contributed by atoms with E-state index in [9.17, 15) is 14.3 Å². The maximum Gasteiger partial charge on any atom is 0.306 e. The highest BCUT2D eigenvalue weighted by Gasteiger charge is 2.20. The zero-order chi connectivity index (χ0) is 40.6. The van der Waals surface area contributed by atoms with Gasteiger partial charge >= 0.3 is 5.97 Å². The molecule has 0 rings (SSSR count). The van der Waals surface area contributed by atoms with Crippen molar-refractivity contribution in [3.63, 3.8) is 0 Å². The Labute approximate surface area is 341 Å². The number of allylic oxidation sites excluding steroid dienone is 2. The number of esters is 1. The highest BCUT2D eigenvalue weighted by molar-refractivity contribution is 7.45. The van der Waals surface area contributed by atoms with Crippen molar-refractivity contribution in [1.82, 2.24) is 0 Å². The summed E-state index contributed by atoms with van der Waals surface area (Å²) in [6.07, 6.45) is 43.6. The first-order valence-corrected chi connectivity index (χ1v) is 24.9. The van der Waals surface area contributed by atoms with E-state index in [4.69, 9.17) is 18.5 Å². The van der Waals surface area contributed by atoms with Crippen LogP contribution in [0.2, 0.25) is 0 Å². The van der Waals surface area contributed by atoms with E-state index >= 15 is 0 Å². The maximum atomic E-state index is 12.7. The number of quaternary nitrogens is 1. The zero-order valence-corrected chi connectivity index (χ0v) is 38.0. The fourth-order valence-corrected chi connectivity index (χ4v) is 7.39. The molecule has 0 aliphatic rings. The number of rotatable bonds is 44. The van der Waals surface area contributed by atoms with Crippen molar-refractivity contribution in [3.05, 3.63) is 12.2 Å². The van der Waals surface area contributed by atoms with Gasteiger partial charge in [-0.05, 0) is 38.5 Å². The van der Waals surface area contributed by atoms with Gasteiger partial charge in [-0.3, -0.25) is 9.36 Å². The van der Waals surface area contributed by atoms with Crippen molar-refractivity contribution in [2.75, 3.05) is 54.1 Å². The lowest BCUT2D eigenvalue weighted by Crippen LogP contribution is -2.37. The van der Waals surface area contributed by atoms with Crippen molar-refractivity contribution in [1.29, 1.82) is 0 Å². The van der Waals surface area contributed by atoms with Gasteiger partial charge in [-0.25, -0.2) is 0 Å². The van der Waals surface area contributed by atoms with Crippen LogP contribution in [0.1, 0.15) is 219 Å². The summed E-state index contributed by atoms with van der Waals surface area (Å²) in [6, 6.07) is 0. The average Bonchev–Trinajstić information content (AvgIpc) is 3.13. The summed E-state index contributed by atoms with van der Waals surface area (Å²) >= 11 is 0. The van der Waals surface area contributed by atoms with Gasteiger partial charge in [-0.1, -0.05) is 187 Å². The van der Waals surface area contributed by atoms with Crippen LogP contribution in [0.15, 0.2) is 12.2 Å². The van der Waals surface area contributed by atoms with E-state index in [-0.39, 0.29) is 25.8 Å². The van der Waals surface area contributed by atoms with Crippen LogP contribution in [0.3, 0.4) is 0 Å². The Kier molecular flexibility index (Phi) is 39.5. The van der Waals surface area contributed by atoms with Gasteiger partial charge in [0.05, 0.1) is 34.4 Å². The molecule has 328 valence electrons. The van der Waals surface area contributed by atoms with E-state index in [0.717, 1.165) is 32.1 Å². The van der Waals surface area contributed by atoms with Crippen LogP contribution in [-0.2, 0) is 27.9 Å². The number of phosphoric acid groups is 1. The minimum atomic E-state index is -4.52. The number of likely N-dealkylation sites (N-methyl/N-ethyl adjacent to an activating group) is 1. The Bertz CT molecular complexity index is 894. The summed E-state index contributed by atoms with van der Waals surface area (Å²) in [5, 5.41) is 0. The standard InChI is InChI=1S/C46H92NO7P/c1-6-8-10-12-14-16-18-20-22-23-24-25-26-27-29-31-33-35-37-39-46(48)54-45(44-53-55(49,50)52-42-40-47(3,4)5)43-51-41-38-36-34-32-30-28-21-19-17-15-13-11-9-7-2/h20,22,45H,6-19,21,23-44H2,1-5H3/b22-20-. The Morgan fingerprint density at radius 3 is 1.38 bits per heavy atom. The van der Waals surface area contributed by atoms with Gasteiger partial charge in [0.2, 0.25) is 0 Å². The number of nitrogens with zero attached hydrogens (tertiary/aromatic N) is 1. The van der Waals surface area contributed by atoms with E-state index in [2.05, 4.69) is 26.0 Å². The second kappa shape index (κ2) is 40.0. The number of unbranched alkanes of at least 4 members (excludes halogenated alkanes) is 28. The lowest BCUT2D eigenvalue weighted by Gasteiger charge is -2.28. The van der Waals surface area contributed by atoms with E-state index in [0.29, 0.717) is 24.1 Å². The van der Waals surface area contributed by atoms with Crippen LogP contribution >= 0.6 is 7.82 Å². The molecule has 0 spiro atoms. The molecular formula is C46H92NO7P. The first-order chi connectivity index (χ1) is 26.6. The van der Waals surface area contributed by atoms with Gasteiger partial charge in [0.15, 0.2) is 0 Å². The molecule has 0 saturated carbocycles. The second-order valence-electron chi connectivity index (χ2n) is 17.1. The fraction of sp³-hybridized carbons (Fsp3) is 0.935. The molecule has 0 aromatic heterocycles. The van der Waals surface area contributed by atoms with E-state index in [1.807, 2.05) is 21.1 Å². The van der Waals surface area contributed by atoms with Gasteiger partial charge in [0.25, 0.3) is 7.82 Å². The summed E-state index contributed by atoms with van der Waals surface area (Å²) in [6.45, 7) is 5.45. The molecule has 0 aromatic rings. The van der Waals surface area contributed by atoms with Crippen molar-refractivity contribution < 1.29 is 37.3 Å². The zero-order valence-electron chi connectivity index (χ0n) is 37.1. The topological polar surface area (TPSA) is 94.1 Å². The Morgan fingerprint density at radius 1 is 0.545 bits per heavy atom. The predicted octanol–water partition coefficient (Wildman–Crippen LogP) is 13.2.